The zero-order chi connectivity index (χ0) is 15.2. The average Bonchev–Trinajstić information content (AvgIpc) is 2.99. The molecule has 0 aromatic carbocycles. The van der Waals surface area contributed by atoms with Gasteiger partial charge in [-0.05, 0) is 18.8 Å². The number of carbonyl (C=O) groups excluding carboxylic acids is 1. The fourth-order valence-electron chi connectivity index (χ4n) is 2.11. The van der Waals surface area contributed by atoms with E-state index in [1.54, 1.807) is 0 Å². The first-order valence-electron chi connectivity index (χ1n) is 6.76. The molecule has 2 heterocycles. The summed E-state index contributed by atoms with van der Waals surface area (Å²) in [7, 11) is 1.25. The van der Waals surface area contributed by atoms with E-state index in [0.717, 1.165) is 30.7 Å². The standard InChI is InChI=1S/C13H18ClN3O4/c1-20-11(18)7-17-13(19)12(14)10(6-16-17)15-4-2-9-3-5-21-8-9/h6,9,15H,2-5,7-8H2,1H3. The molecule has 0 bridgehead atoms. The summed E-state index contributed by atoms with van der Waals surface area (Å²) < 4.78 is 10.8. The van der Waals surface area contributed by atoms with Crippen LogP contribution in [0.3, 0.4) is 0 Å². The van der Waals surface area contributed by atoms with Crippen molar-refractivity contribution < 1.29 is 14.3 Å². The Hall–Kier alpha value is -1.60. The van der Waals surface area contributed by atoms with Gasteiger partial charge in [0.1, 0.15) is 11.6 Å². The van der Waals surface area contributed by atoms with Crippen LogP contribution in [-0.2, 0) is 20.8 Å². The molecule has 7 nitrogen and oxygen atoms in total. The van der Waals surface area contributed by atoms with Crippen LogP contribution in [0.25, 0.3) is 0 Å². The second kappa shape index (κ2) is 7.42. The van der Waals surface area contributed by atoms with Crippen molar-refractivity contribution in [3.05, 3.63) is 21.6 Å². The average molecular weight is 316 g/mol. The highest BCUT2D eigenvalue weighted by Gasteiger charge is 2.16. The van der Waals surface area contributed by atoms with Gasteiger partial charge in [0.25, 0.3) is 5.56 Å². The molecule has 0 radical (unpaired) electrons. The predicted molar refractivity (Wildman–Crippen MR) is 77.6 cm³/mol. The zero-order valence-electron chi connectivity index (χ0n) is 11.8. The largest absolute Gasteiger partial charge is 0.468 e. The normalized spacial score (nSPS) is 17.7. The summed E-state index contributed by atoms with van der Waals surface area (Å²) in [5, 5.41) is 7.03. The highest BCUT2D eigenvalue weighted by Crippen LogP contribution is 2.18. The van der Waals surface area contributed by atoms with E-state index in [4.69, 9.17) is 16.3 Å². The lowest BCUT2D eigenvalue weighted by Crippen LogP contribution is -2.28. The second-order valence-electron chi connectivity index (χ2n) is 4.86. The van der Waals surface area contributed by atoms with E-state index in [1.807, 2.05) is 0 Å². The first-order valence-corrected chi connectivity index (χ1v) is 7.13. The number of carbonyl (C=O) groups is 1. The summed E-state index contributed by atoms with van der Waals surface area (Å²) in [4.78, 5) is 23.1. The molecule has 1 N–H and O–H groups in total. The smallest absolute Gasteiger partial charge is 0.327 e. The lowest BCUT2D eigenvalue weighted by Gasteiger charge is -2.11. The van der Waals surface area contributed by atoms with Gasteiger partial charge in [-0.1, -0.05) is 11.6 Å². The number of methoxy groups -OCH3 is 1. The van der Waals surface area contributed by atoms with Gasteiger partial charge in [-0.15, -0.1) is 0 Å². The summed E-state index contributed by atoms with van der Waals surface area (Å²) in [6, 6.07) is 0. The van der Waals surface area contributed by atoms with Crippen molar-refractivity contribution in [3.63, 3.8) is 0 Å². The lowest BCUT2D eigenvalue weighted by molar-refractivity contribution is -0.141. The Morgan fingerprint density at radius 2 is 2.48 bits per heavy atom. The molecular formula is C13H18ClN3O4. The van der Waals surface area contributed by atoms with Crippen LogP contribution in [0.1, 0.15) is 12.8 Å². The van der Waals surface area contributed by atoms with E-state index in [1.165, 1.54) is 13.3 Å². The van der Waals surface area contributed by atoms with Gasteiger partial charge in [-0.3, -0.25) is 9.59 Å². The van der Waals surface area contributed by atoms with Crippen molar-refractivity contribution in [2.45, 2.75) is 19.4 Å². The van der Waals surface area contributed by atoms with Crippen LogP contribution in [0.4, 0.5) is 5.69 Å². The van der Waals surface area contributed by atoms with Crippen LogP contribution in [0.5, 0.6) is 0 Å². The Morgan fingerprint density at radius 1 is 1.67 bits per heavy atom. The minimum absolute atomic E-state index is 0.0246. The minimum Gasteiger partial charge on any atom is -0.468 e. The second-order valence-corrected chi connectivity index (χ2v) is 5.23. The lowest BCUT2D eigenvalue weighted by atomic mass is 10.1. The van der Waals surface area contributed by atoms with Gasteiger partial charge in [0.15, 0.2) is 0 Å². The molecule has 2 rings (SSSR count). The molecule has 8 heteroatoms. The summed E-state index contributed by atoms with van der Waals surface area (Å²) in [6.45, 7) is 2.04. The number of hydrogen-bond donors (Lipinski definition) is 1. The number of aromatic nitrogens is 2. The summed E-state index contributed by atoms with van der Waals surface area (Å²) >= 11 is 6.01. The fourth-order valence-corrected chi connectivity index (χ4v) is 2.32. The summed E-state index contributed by atoms with van der Waals surface area (Å²) in [5.74, 6) is -0.00783. The molecule has 1 atom stereocenters. The Balaban J connectivity index is 1.95. The van der Waals surface area contributed by atoms with Gasteiger partial charge in [0.05, 0.1) is 19.0 Å². The third-order valence-corrected chi connectivity index (χ3v) is 3.75. The van der Waals surface area contributed by atoms with Crippen LogP contribution >= 0.6 is 11.6 Å². The van der Waals surface area contributed by atoms with Gasteiger partial charge in [-0.25, -0.2) is 4.68 Å². The van der Waals surface area contributed by atoms with Crippen molar-refractivity contribution in [2.24, 2.45) is 5.92 Å². The maximum atomic E-state index is 12.0. The fraction of sp³-hybridized carbons (Fsp3) is 0.615. The van der Waals surface area contributed by atoms with Crippen molar-refractivity contribution in [1.29, 1.82) is 0 Å². The van der Waals surface area contributed by atoms with Gasteiger partial charge >= 0.3 is 5.97 Å². The molecule has 1 unspecified atom stereocenters. The summed E-state index contributed by atoms with van der Waals surface area (Å²) in [6.07, 6.45) is 3.45. The first-order chi connectivity index (χ1) is 10.1. The Labute approximate surface area is 127 Å². The molecule has 1 aliphatic heterocycles. The number of rotatable bonds is 6. The number of hydrogen-bond acceptors (Lipinski definition) is 6. The maximum absolute atomic E-state index is 12.0. The SMILES string of the molecule is COC(=O)Cn1ncc(NCCC2CCOC2)c(Cl)c1=O. The van der Waals surface area contributed by atoms with E-state index < -0.39 is 11.5 Å². The van der Waals surface area contributed by atoms with Gasteiger partial charge in [0, 0.05) is 19.8 Å². The monoisotopic (exact) mass is 315 g/mol. The molecule has 21 heavy (non-hydrogen) atoms. The van der Waals surface area contributed by atoms with Gasteiger partial charge in [-0.2, -0.15) is 5.10 Å². The van der Waals surface area contributed by atoms with Crippen LogP contribution in [0.15, 0.2) is 11.0 Å². The van der Waals surface area contributed by atoms with E-state index in [0.29, 0.717) is 18.2 Å². The van der Waals surface area contributed by atoms with Crippen molar-refractivity contribution in [1.82, 2.24) is 9.78 Å². The number of nitrogens with zero attached hydrogens (tertiary/aromatic N) is 2. The Kier molecular flexibility index (Phi) is 5.58. The Bertz CT molecular complexity index is 555. The molecule has 1 aromatic heterocycles. The number of anilines is 1. The van der Waals surface area contributed by atoms with Crippen LogP contribution in [0, 0.1) is 5.92 Å². The number of ether oxygens (including phenoxy) is 2. The first kappa shape index (κ1) is 15.8. The molecule has 1 aliphatic rings. The molecule has 0 spiro atoms. The molecular weight excluding hydrogens is 298 g/mol. The van der Waals surface area contributed by atoms with Gasteiger partial charge < -0.3 is 14.8 Å². The van der Waals surface area contributed by atoms with Crippen molar-refractivity contribution >= 4 is 23.3 Å². The topological polar surface area (TPSA) is 82.5 Å². The van der Waals surface area contributed by atoms with E-state index in [2.05, 4.69) is 15.2 Å². The van der Waals surface area contributed by atoms with E-state index in [-0.39, 0.29) is 11.6 Å². The minimum atomic E-state index is -0.553. The van der Waals surface area contributed by atoms with Crippen LogP contribution in [-0.4, -0.2) is 42.6 Å². The molecule has 0 aliphatic carbocycles. The Morgan fingerprint density at radius 3 is 3.14 bits per heavy atom. The number of halogens is 1. The zero-order valence-corrected chi connectivity index (χ0v) is 12.6. The van der Waals surface area contributed by atoms with Gasteiger partial charge in [0.2, 0.25) is 0 Å². The van der Waals surface area contributed by atoms with E-state index >= 15 is 0 Å². The molecule has 1 saturated heterocycles. The quantitative estimate of drug-likeness (QED) is 0.786. The van der Waals surface area contributed by atoms with Crippen molar-refractivity contribution in [2.75, 3.05) is 32.2 Å². The number of nitrogens with one attached hydrogen (secondary N) is 1. The maximum Gasteiger partial charge on any atom is 0.327 e. The third-order valence-electron chi connectivity index (χ3n) is 3.38. The molecule has 1 aromatic rings. The molecule has 0 saturated carbocycles. The van der Waals surface area contributed by atoms with Crippen LogP contribution < -0.4 is 10.9 Å². The van der Waals surface area contributed by atoms with Crippen molar-refractivity contribution in [3.8, 4) is 0 Å². The summed E-state index contributed by atoms with van der Waals surface area (Å²) in [5.41, 5.74) is -0.0436. The predicted octanol–water partition coefficient (Wildman–Crippen LogP) is 0.908. The molecule has 0 amide bonds. The molecule has 116 valence electrons. The number of esters is 1. The third kappa shape index (κ3) is 4.18. The highest BCUT2D eigenvalue weighted by atomic mass is 35.5. The molecule has 1 fully saturated rings. The van der Waals surface area contributed by atoms with Crippen LogP contribution in [0.2, 0.25) is 5.02 Å². The van der Waals surface area contributed by atoms with E-state index in [9.17, 15) is 9.59 Å². The highest BCUT2D eigenvalue weighted by molar-refractivity contribution is 6.32.